The zero-order valence-corrected chi connectivity index (χ0v) is 18.1. The summed E-state index contributed by atoms with van der Waals surface area (Å²) in [5, 5.41) is 2.30. The third kappa shape index (κ3) is 5.53. The van der Waals surface area contributed by atoms with Gasteiger partial charge in [-0.2, -0.15) is 0 Å². The molecule has 4 nitrogen and oxygen atoms in total. The van der Waals surface area contributed by atoms with E-state index in [9.17, 15) is 4.79 Å². The van der Waals surface area contributed by atoms with Crippen LogP contribution in [0.3, 0.4) is 0 Å². The van der Waals surface area contributed by atoms with Crippen molar-refractivity contribution in [2.75, 3.05) is 32.7 Å². The lowest BCUT2D eigenvalue weighted by molar-refractivity contribution is -0.140. The number of rotatable bonds is 7. The number of hydrogen-bond acceptors (Lipinski definition) is 3. The van der Waals surface area contributed by atoms with Gasteiger partial charge in [-0.1, -0.05) is 79.7 Å². The highest BCUT2D eigenvalue weighted by atomic mass is 16.5. The van der Waals surface area contributed by atoms with Crippen molar-refractivity contribution in [1.82, 2.24) is 9.80 Å². The van der Waals surface area contributed by atoms with Crippen LogP contribution < -0.4 is 4.74 Å². The molecule has 1 fully saturated rings. The number of ether oxygens (including phenoxy) is 1. The van der Waals surface area contributed by atoms with Gasteiger partial charge in [0.25, 0.3) is 5.91 Å². The summed E-state index contributed by atoms with van der Waals surface area (Å²) >= 11 is 0. The molecular weight excluding hydrogens is 384 g/mol. The minimum absolute atomic E-state index is 0.0927. The van der Waals surface area contributed by atoms with Crippen LogP contribution >= 0.6 is 0 Å². The van der Waals surface area contributed by atoms with E-state index in [1.165, 1.54) is 10.9 Å². The fourth-order valence-corrected chi connectivity index (χ4v) is 3.97. The first-order chi connectivity index (χ1) is 15.2. The van der Waals surface area contributed by atoms with E-state index >= 15 is 0 Å². The number of carbonyl (C=O) groups excluding carboxylic acids is 1. The number of carbonyl (C=O) groups is 1. The van der Waals surface area contributed by atoms with E-state index in [2.05, 4.69) is 41.3 Å². The second-order valence-corrected chi connectivity index (χ2v) is 7.96. The lowest BCUT2D eigenvalue weighted by Crippen LogP contribution is -2.52. The minimum Gasteiger partial charge on any atom is -0.481 e. The zero-order chi connectivity index (χ0) is 21.5. The predicted molar refractivity (Wildman–Crippen MR) is 127 cm³/mol. The summed E-state index contributed by atoms with van der Waals surface area (Å²) in [6.07, 6.45) is 4.57. The van der Waals surface area contributed by atoms with E-state index in [4.69, 9.17) is 4.74 Å². The van der Waals surface area contributed by atoms with Crippen LogP contribution in [-0.4, -0.2) is 54.5 Å². The van der Waals surface area contributed by atoms with Crippen molar-refractivity contribution in [2.45, 2.75) is 19.4 Å². The molecular formula is C27H30N2O2. The quantitative estimate of drug-likeness (QED) is 0.554. The summed E-state index contributed by atoms with van der Waals surface area (Å²) in [6.45, 7) is 6.18. The molecule has 160 valence electrons. The van der Waals surface area contributed by atoms with Crippen LogP contribution in [0.5, 0.6) is 5.75 Å². The fraction of sp³-hybridized carbons (Fsp3) is 0.296. The molecule has 0 N–H and O–H groups in total. The number of hydrogen-bond donors (Lipinski definition) is 0. The molecule has 1 amide bonds. The standard InChI is InChI=1S/C27H30N2O2/c1-2-26(31-25-15-14-23-12-6-7-13-24(23)21-25)27(30)29-19-17-28(18-20-29)16-8-11-22-9-4-3-5-10-22/h3-15,21,26H,2,16-20H2,1H3/b11-8+/t26-/m1/s1. The highest BCUT2D eigenvalue weighted by Gasteiger charge is 2.27. The summed E-state index contributed by atoms with van der Waals surface area (Å²) in [5.41, 5.74) is 1.22. The van der Waals surface area contributed by atoms with E-state index in [0.717, 1.165) is 43.9 Å². The van der Waals surface area contributed by atoms with Crippen molar-refractivity contribution in [3.05, 3.63) is 84.4 Å². The van der Waals surface area contributed by atoms with Crippen LogP contribution in [0.15, 0.2) is 78.9 Å². The molecule has 3 aromatic carbocycles. The second-order valence-electron chi connectivity index (χ2n) is 7.96. The second kappa shape index (κ2) is 10.3. The van der Waals surface area contributed by atoms with Crippen LogP contribution in [-0.2, 0) is 4.79 Å². The maximum absolute atomic E-state index is 13.1. The highest BCUT2D eigenvalue weighted by molar-refractivity contribution is 5.84. The van der Waals surface area contributed by atoms with E-state index in [1.54, 1.807) is 0 Å². The molecule has 1 atom stereocenters. The van der Waals surface area contributed by atoms with Crippen LogP contribution in [0.2, 0.25) is 0 Å². The van der Waals surface area contributed by atoms with Crippen LogP contribution in [0.4, 0.5) is 0 Å². The number of piperazine rings is 1. The van der Waals surface area contributed by atoms with E-state index < -0.39 is 6.10 Å². The van der Waals surface area contributed by atoms with Crippen molar-refractivity contribution in [2.24, 2.45) is 0 Å². The normalized spacial score (nSPS) is 16.0. The Morgan fingerprint density at radius 2 is 1.65 bits per heavy atom. The summed E-state index contributed by atoms with van der Waals surface area (Å²) in [4.78, 5) is 17.4. The van der Waals surface area contributed by atoms with Gasteiger partial charge in [0.1, 0.15) is 5.75 Å². The molecule has 4 rings (SSSR count). The number of nitrogens with zero attached hydrogens (tertiary/aromatic N) is 2. The van der Waals surface area contributed by atoms with Gasteiger partial charge in [0.05, 0.1) is 0 Å². The number of amides is 1. The first-order valence-corrected chi connectivity index (χ1v) is 11.1. The van der Waals surface area contributed by atoms with Gasteiger partial charge in [-0.25, -0.2) is 0 Å². The molecule has 0 unspecified atom stereocenters. The van der Waals surface area contributed by atoms with Crippen LogP contribution in [0, 0.1) is 0 Å². The Balaban J connectivity index is 1.29. The van der Waals surface area contributed by atoms with Gasteiger partial charge in [-0.3, -0.25) is 9.69 Å². The van der Waals surface area contributed by atoms with E-state index in [1.807, 2.05) is 60.4 Å². The predicted octanol–water partition coefficient (Wildman–Crippen LogP) is 4.85. The zero-order valence-electron chi connectivity index (χ0n) is 18.1. The van der Waals surface area contributed by atoms with Crippen molar-refractivity contribution < 1.29 is 9.53 Å². The molecule has 1 aliphatic rings. The maximum Gasteiger partial charge on any atom is 0.263 e. The SMILES string of the molecule is CC[C@@H](Oc1ccc2ccccc2c1)C(=O)N1CCN(C/C=C/c2ccccc2)CC1. The van der Waals surface area contributed by atoms with E-state index in [-0.39, 0.29) is 5.91 Å². The molecule has 0 aliphatic carbocycles. The largest absolute Gasteiger partial charge is 0.481 e. The average Bonchev–Trinajstić information content (AvgIpc) is 2.83. The molecule has 1 heterocycles. The Hall–Kier alpha value is -3.11. The summed E-state index contributed by atoms with van der Waals surface area (Å²) in [6, 6.07) is 24.5. The smallest absolute Gasteiger partial charge is 0.263 e. The first-order valence-electron chi connectivity index (χ1n) is 11.1. The van der Waals surface area contributed by atoms with Gasteiger partial charge < -0.3 is 9.64 Å². The van der Waals surface area contributed by atoms with Gasteiger partial charge in [-0.15, -0.1) is 0 Å². The van der Waals surface area contributed by atoms with Gasteiger partial charge in [0.15, 0.2) is 6.10 Å². The molecule has 1 aliphatic heterocycles. The van der Waals surface area contributed by atoms with E-state index in [0.29, 0.717) is 6.42 Å². The third-order valence-corrected chi connectivity index (χ3v) is 5.80. The summed E-state index contributed by atoms with van der Waals surface area (Å²) in [7, 11) is 0. The van der Waals surface area contributed by atoms with Crippen LogP contribution in [0.1, 0.15) is 18.9 Å². The lowest BCUT2D eigenvalue weighted by atomic mass is 10.1. The van der Waals surface area contributed by atoms with Crippen molar-refractivity contribution in [1.29, 1.82) is 0 Å². The Labute approximate surface area is 184 Å². The Bertz CT molecular complexity index is 1020. The third-order valence-electron chi connectivity index (χ3n) is 5.80. The van der Waals surface area contributed by atoms with Gasteiger partial charge in [0, 0.05) is 32.7 Å². The Kier molecular flexibility index (Phi) is 7.00. The molecule has 4 heteroatoms. The van der Waals surface area contributed by atoms with Crippen molar-refractivity contribution in [3.8, 4) is 5.75 Å². The summed E-state index contributed by atoms with van der Waals surface area (Å²) < 4.78 is 6.11. The molecule has 0 aromatic heterocycles. The van der Waals surface area contributed by atoms with Crippen molar-refractivity contribution in [3.63, 3.8) is 0 Å². The minimum atomic E-state index is -0.439. The fourth-order valence-electron chi connectivity index (χ4n) is 3.97. The Morgan fingerprint density at radius 3 is 2.39 bits per heavy atom. The topological polar surface area (TPSA) is 32.8 Å². The van der Waals surface area contributed by atoms with Gasteiger partial charge >= 0.3 is 0 Å². The molecule has 0 saturated carbocycles. The molecule has 0 spiro atoms. The highest BCUT2D eigenvalue weighted by Crippen LogP contribution is 2.22. The molecule has 1 saturated heterocycles. The molecule has 3 aromatic rings. The average molecular weight is 415 g/mol. The molecule has 0 bridgehead atoms. The Morgan fingerprint density at radius 1 is 0.935 bits per heavy atom. The number of fused-ring (bicyclic) bond motifs is 1. The molecule has 31 heavy (non-hydrogen) atoms. The molecule has 0 radical (unpaired) electrons. The summed E-state index contributed by atoms with van der Waals surface area (Å²) in [5.74, 6) is 0.846. The monoisotopic (exact) mass is 414 g/mol. The lowest BCUT2D eigenvalue weighted by Gasteiger charge is -2.35. The van der Waals surface area contributed by atoms with Crippen molar-refractivity contribution >= 4 is 22.8 Å². The maximum atomic E-state index is 13.1. The van der Waals surface area contributed by atoms with Crippen LogP contribution in [0.25, 0.3) is 16.8 Å². The number of benzene rings is 3. The van der Waals surface area contributed by atoms with Gasteiger partial charge in [0.2, 0.25) is 0 Å². The van der Waals surface area contributed by atoms with Gasteiger partial charge in [-0.05, 0) is 34.9 Å². The first kappa shape index (κ1) is 21.1.